The number of pyridine rings is 1. The lowest BCUT2D eigenvalue weighted by molar-refractivity contribution is -0.135. The number of aromatic nitrogens is 1. The van der Waals surface area contributed by atoms with E-state index in [9.17, 15) is 9.18 Å². The largest absolute Gasteiger partial charge is 0.338 e. The summed E-state index contributed by atoms with van der Waals surface area (Å²) in [5.74, 6) is -0.533. The number of halogens is 1. The molecule has 1 aromatic carbocycles. The summed E-state index contributed by atoms with van der Waals surface area (Å²) in [5, 5.41) is 0. The zero-order valence-corrected chi connectivity index (χ0v) is 14.7. The highest BCUT2D eigenvalue weighted by molar-refractivity contribution is 5.83. The molecule has 128 valence electrons. The van der Waals surface area contributed by atoms with Gasteiger partial charge in [-0.15, -0.1) is 0 Å². The van der Waals surface area contributed by atoms with Gasteiger partial charge in [-0.3, -0.25) is 14.7 Å². The number of nitrogens with zero attached hydrogens (tertiary/aromatic N) is 3. The van der Waals surface area contributed by atoms with Crippen molar-refractivity contribution in [2.75, 3.05) is 21.1 Å². The monoisotopic (exact) mass is 329 g/mol. The first-order valence-corrected chi connectivity index (χ1v) is 8.03. The number of rotatable bonds is 6. The number of benzene rings is 1. The molecule has 1 atom stereocenters. The molecule has 0 spiro atoms. The Bertz CT molecular complexity index is 685. The second kappa shape index (κ2) is 8.02. The van der Waals surface area contributed by atoms with Gasteiger partial charge in [0.2, 0.25) is 5.91 Å². The van der Waals surface area contributed by atoms with Crippen molar-refractivity contribution < 1.29 is 9.18 Å². The highest BCUT2D eigenvalue weighted by Crippen LogP contribution is 2.23. The van der Waals surface area contributed by atoms with E-state index in [1.807, 2.05) is 18.3 Å². The Morgan fingerprint density at radius 3 is 2.42 bits per heavy atom. The first-order valence-electron chi connectivity index (χ1n) is 8.03. The van der Waals surface area contributed by atoms with Crippen LogP contribution in [0.2, 0.25) is 0 Å². The summed E-state index contributed by atoms with van der Waals surface area (Å²) in [6, 6.07) is 9.68. The lowest BCUT2D eigenvalue weighted by Gasteiger charge is -2.28. The van der Waals surface area contributed by atoms with Crippen molar-refractivity contribution in [1.82, 2.24) is 14.8 Å². The summed E-state index contributed by atoms with van der Waals surface area (Å²) in [4.78, 5) is 20.6. The van der Waals surface area contributed by atoms with Crippen molar-refractivity contribution in [3.05, 3.63) is 65.2 Å². The van der Waals surface area contributed by atoms with Gasteiger partial charge in [0.1, 0.15) is 11.9 Å². The molecular formula is C19H24FN3O. The Hall–Kier alpha value is -2.27. The van der Waals surface area contributed by atoms with Crippen LogP contribution in [-0.4, -0.2) is 41.8 Å². The van der Waals surface area contributed by atoms with Gasteiger partial charge in [-0.2, -0.15) is 0 Å². The number of likely N-dealkylation sites (N-methyl/N-ethyl adjacent to an activating group) is 2. The fraction of sp³-hybridized carbons (Fsp3) is 0.368. The molecule has 0 unspecified atom stereocenters. The van der Waals surface area contributed by atoms with Crippen molar-refractivity contribution in [3.8, 4) is 0 Å². The molecule has 2 aromatic rings. The molecule has 0 aliphatic heterocycles. The number of aryl methyl sites for hydroxylation is 1. The maximum absolute atomic E-state index is 14.1. The standard InChI is InChI=1S/C19H24FN3O/c1-5-14-10-11-15(21-12-14)13-23(4)19(24)18(22(2)3)16-8-6-7-9-17(16)20/h6-12,18H,5,13H2,1-4H3/t18-/m0/s1. The third kappa shape index (κ3) is 4.17. The first kappa shape index (κ1) is 18.1. The Morgan fingerprint density at radius 1 is 1.17 bits per heavy atom. The van der Waals surface area contributed by atoms with E-state index in [0.717, 1.165) is 17.7 Å². The van der Waals surface area contributed by atoms with Crippen LogP contribution in [0, 0.1) is 5.82 Å². The summed E-state index contributed by atoms with van der Waals surface area (Å²) >= 11 is 0. The van der Waals surface area contributed by atoms with Gasteiger partial charge in [0.25, 0.3) is 0 Å². The summed E-state index contributed by atoms with van der Waals surface area (Å²) < 4.78 is 14.1. The molecule has 5 heteroatoms. The van der Waals surface area contributed by atoms with E-state index in [0.29, 0.717) is 12.1 Å². The van der Waals surface area contributed by atoms with Gasteiger partial charge in [0.05, 0.1) is 12.2 Å². The Balaban J connectivity index is 2.18. The van der Waals surface area contributed by atoms with Crippen LogP contribution in [0.4, 0.5) is 4.39 Å². The quantitative estimate of drug-likeness (QED) is 0.817. The number of carbonyl (C=O) groups is 1. The Labute approximate surface area is 142 Å². The van der Waals surface area contributed by atoms with Gasteiger partial charge in [-0.25, -0.2) is 4.39 Å². The summed E-state index contributed by atoms with van der Waals surface area (Å²) in [6.45, 7) is 2.46. The highest BCUT2D eigenvalue weighted by atomic mass is 19.1. The van der Waals surface area contributed by atoms with Crippen LogP contribution in [0.1, 0.15) is 29.8 Å². The van der Waals surface area contributed by atoms with E-state index in [2.05, 4.69) is 11.9 Å². The van der Waals surface area contributed by atoms with Crippen LogP contribution < -0.4 is 0 Å². The van der Waals surface area contributed by atoms with Crippen LogP contribution in [0.5, 0.6) is 0 Å². The zero-order valence-electron chi connectivity index (χ0n) is 14.7. The molecule has 4 nitrogen and oxygen atoms in total. The maximum atomic E-state index is 14.1. The van der Waals surface area contributed by atoms with Crippen molar-refractivity contribution in [3.63, 3.8) is 0 Å². The minimum Gasteiger partial charge on any atom is -0.338 e. The number of hydrogen-bond donors (Lipinski definition) is 0. The van der Waals surface area contributed by atoms with Gasteiger partial charge in [-0.05, 0) is 38.2 Å². The average Bonchev–Trinajstić information content (AvgIpc) is 2.57. The topological polar surface area (TPSA) is 36.4 Å². The van der Waals surface area contributed by atoms with E-state index in [1.165, 1.54) is 6.07 Å². The highest BCUT2D eigenvalue weighted by Gasteiger charge is 2.28. The van der Waals surface area contributed by atoms with E-state index in [1.54, 1.807) is 49.1 Å². The second-order valence-electron chi connectivity index (χ2n) is 6.09. The smallest absolute Gasteiger partial charge is 0.244 e. The third-order valence-electron chi connectivity index (χ3n) is 4.02. The van der Waals surface area contributed by atoms with Crippen LogP contribution in [0.25, 0.3) is 0 Å². The molecule has 0 radical (unpaired) electrons. The molecule has 24 heavy (non-hydrogen) atoms. The van der Waals surface area contributed by atoms with Gasteiger partial charge in [0, 0.05) is 18.8 Å². The zero-order chi connectivity index (χ0) is 17.7. The lowest BCUT2D eigenvalue weighted by atomic mass is 10.0. The molecule has 0 bridgehead atoms. The predicted molar refractivity (Wildman–Crippen MR) is 92.9 cm³/mol. The predicted octanol–water partition coefficient (Wildman–Crippen LogP) is 3.04. The summed E-state index contributed by atoms with van der Waals surface area (Å²) in [6.07, 6.45) is 2.76. The SMILES string of the molecule is CCc1ccc(CN(C)C(=O)[C@H](c2ccccc2F)N(C)C)nc1. The summed E-state index contributed by atoms with van der Waals surface area (Å²) in [7, 11) is 5.27. The molecule has 1 heterocycles. The molecular weight excluding hydrogens is 305 g/mol. The molecule has 0 saturated carbocycles. The number of hydrogen-bond acceptors (Lipinski definition) is 3. The van der Waals surface area contributed by atoms with E-state index in [-0.39, 0.29) is 11.7 Å². The van der Waals surface area contributed by atoms with Crippen molar-refractivity contribution >= 4 is 5.91 Å². The molecule has 0 aliphatic rings. The minimum atomic E-state index is -0.661. The minimum absolute atomic E-state index is 0.161. The van der Waals surface area contributed by atoms with E-state index < -0.39 is 6.04 Å². The maximum Gasteiger partial charge on any atom is 0.244 e. The number of carbonyl (C=O) groups excluding carboxylic acids is 1. The fourth-order valence-electron chi connectivity index (χ4n) is 2.62. The van der Waals surface area contributed by atoms with Crippen molar-refractivity contribution in [2.45, 2.75) is 25.9 Å². The lowest BCUT2D eigenvalue weighted by Crippen LogP contribution is -2.38. The molecule has 0 aliphatic carbocycles. The molecule has 0 N–H and O–H groups in total. The fourth-order valence-corrected chi connectivity index (χ4v) is 2.62. The van der Waals surface area contributed by atoms with Crippen LogP contribution in [0.15, 0.2) is 42.6 Å². The average molecular weight is 329 g/mol. The van der Waals surface area contributed by atoms with Gasteiger partial charge < -0.3 is 4.90 Å². The third-order valence-corrected chi connectivity index (χ3v) is 4.02. The van der Waals surface area contributed by atoms with Gasteiger partial charge >= 0.3 is 0 Å². The Morgan fingerprint density at radius 2 is 1.88 bits per heavy atom. The normalized spacial score (nSPS) is 12.2. The van der Waals surface area contributed by atoms with Crippen LogP contribution >= 0.6 is 0 Å². The first-order chi connectivity index (χ1) is 11.4. The summed E-state index contributed by atoms with van der Waals surface area (Å²) in [5.41, 5.74) is 2.35. The molecule has 2 rings (SSSR count). The molecule has 1 aromatic heterocycles. The van der Waals surface area contributed by atoms with Gasteiger partial charge in [0.15, 0.2) is 0 Å². The molecule has 0 saturated heterocycles. The van der Waals surface area contributed by atoms with E-state index >= 15 is 0 Å². The van der Waals surface area contributed by atoms with Crippen molar-refractivity contribution in [1.29, 1.82) is 0 Å². The van der Waals surface area contributed by atoms with Crippen LogP contribution in [0.3, 0.4) is 0 Å². The number of amides is 1. The molecule has 0 fully saturated rings. The Kier molecular flexibility index (Phi) is 6.04. The van der Waals surface area contributed by atoms with Crippen LogP contribution in [-0.2, 0) is 17.8 Å². The second-order valence-corrected chi connectivity index (χ2v) is 6.09. The van der Waals surface area contributed by atoms with Gasteiger partial charge in [-0.1, -0.05) is 31.2 Å². The van der Waals surface area contributed by atoms with Crippen molar-refractivity contribution in [2.24, 2.45) is 0 Å². The van der Waals surface area contributed by atoms with E-state index in [4.69, 9.17) is 0 Å². The molecule has 1 amide bonds.